The van der Waals surface area contributed by atoms with Gasteiger partial charge in [0.15, 0.2) is 0 Å². The van der Waals surface area contributed by atoms with Crippen molar-refractivity contribution in [3.63, 3.8) is 0 Å². The van der Waals surface area contributed by atoms with E-state index in [1.807, 2.05) is 0 Å². The van der Waals surface area contributed by atoms with E-state index in [2.05, 4.69) is 44.3 Å². The van der Waals surface area contributed by atoms with Gasteiger partial charge in [-0.25, -0.2) is 0 Å². The van der Waals surface area contributed by atoms with Gasteiger partial charge in [-0.1, -0.05) is 18.2 Å². The van der Waals surface area contributed by atoms with Crippen LogP contribution in [0.1, 0.15) is 42.9 Å². The summed E-state index contributed by atoms with van der Waals surface area (Å²) >= 11 is 0. The molecule has 0 heterocycles. The molecule has 1 fully saturated rings. The van der Waals surface area contributed by atoms with E-state index in [0.717, 1.165) is 6.54 Å². The summed E-state index contributed by atoms with van der Waals surface area (Å²) in [6, 6.07) is 6.57. The zero-order chi connectivity index (χ0) is 10.9. The molecule has 1 heteroatoms. The summed E-state index contributed by atoms with van der Waals surface area (Å²) in [7, 11) is 0. The van der Waals surface area contributed by atoms with Gasteiger partial charge in [0.25, 0.3) is 0 Å². The standard InChI is InChI=1S/C14H21N/c1-11-6-4-7-13(12(11)2)10-15-14(3)8-5-9-14/h4,6-7,15H,5,8-10H2,1-3H3. The molecule has 1 saturated carbocycles. The normalized spacial score (nSPS) is 18.6. The topological polar surface area (TPSA) is 12.0 Å². The molecular weight excluding hydrogens is 182 g/mol. The van der Waals surface area contributed by atoms with Crippen molar-refractivity contribution in [1.29, 1.82) is 0 Å². The molecule has 0 aromatic heterocycles. The average Bonchev–Trinajstić information content (AvgIpc) is 2.17. The van der Waals surface area contributed by atoms with E-state index in [4.69, 9.17) is 0 Å². The number of benzene rings is 1. The van der Waals surface area contributed by atoms with Gasteiger partial charge in [-0.05, 0) is 56.7 Å². The third kappa shape index (κ3) is 2.23. The predicted molar refractivity (Wildman–Crippen MR) is 65.0 cm³/mol. The van der Waals surface area contributed by atoms with Crippen molar-refractivity contribution in [3.05, 3.63) is 34.9 Å². The minimum absolute atomic E-state index is 0.413. The van der Waals surface area contributed by atoms with Gasteiger partial charge in [0.1, 0.15) is 0 Å². The first-order valence-corrected chi connectivity index (χ1v) is 5.91. The molecule has 1 aliphatic carbocycles. The van der Waals surface area contributed by atoms with Gasteiger partial charge in [0.2, 0.25) is 0 Å². The van der Waals surface area contributed by atoms with Crippen molar-refractivity contribution >= 4 is 0 Å². The molecule has 2 rings (SSSR count). The van der Waals surface area contributed by atoms with E-state index < -0.39 is 0 Å². The molecule has 1 aliphatic rings. The molecule has 1 N–H and O–H groups in total. The van der Waals surface area contributed by atoms with E-state index >= 15 is 0 Å². The first-order chi connectivity index (χ1) is 7.11. The highest BCUT2D eigenvalue weighted by atomic mass is 15.0. The van der Waals surface area contributed by atoms with Crippen LogP contribution in [0.4, 0.5) is 0 Å². The lowest BCUT2D eigenvalue weighted by Crippen LogP contribution is -2.47. The van der Waals surface area contributed by atoms with E-state index in [0.29, 0.717) is 5.54 Å². The quantitative estimate of drug-likeness (QED) is 0.794. The highest BCUT2D eigenvalue weighted by Gasteiger charge is 2.30. The summed E-state index contributed by atoms with van der Waals surface area (Å²) in [5.74, 6) is 0. The van der Waals surface area contributed by atoms with Crippen LogP contribution >= 0.6 is 0 Å². The van der Waals surface area contributed by atoms with Crippen LogP contribution in [-0.4, -0.2) is 5.54 Å². The zero-order valence-electron chi connectivity index (χ0n) is 10.1. The highest BCUT2D eigenvalue weighted by molar-refractivity contribution is 5.33. The fraction of sp³-hybridized carbons (Fsp3) is 0.571. The molecule has 15 heavy (non-hydrogen) atoms. The van der Waals surface area contributed by atoms with Gasteiger partial charge in [-0.3, -0.25) is 0 Å². The predicted octanol–water partition coefficient (Wildman–Crippen LogP) is 3.34. The Labute approximate surface area is 92.9 Å². The van der Waals surface area contributed by atoms with E-state index in [-0.39, 0.29) is 0 Å². The fourth-order valence-electron chi connectivity index (χ4n) is 2.20. The average molecular weight is 203 g/mol. The van der Waals surface area contributed by atoms with Crippen molar-refractivity contribution in [2.75, 3.05) is 0 Å². The maximum Gasteiger partial charge on any atom is 0.0213 e. The molecule has 1 nitrogen and oxygen atoms in total. The summed E-state index contributed by atoms with van der Waals surface area (Å²) in [6.45, 7) is 7.75. The molecule has 0 radical (unpaired) electrons. The second-order valence-corrected chi connectivity index (χ2v) is 5.13. The monoisotopic (exact) mass is 203 g/mol. The lowest BCUT2D eigenvalue weighted by Gasteiger charge is -2.39. The Hall–Kier alpha value is -0.820. The Morgan fingerprint density at radius 1 is 1.27 bits per heavy atom. The molecule has 82 valence electrons. The third-order valence-corrected chi connectivity index (χ3v) is 3.88. The van der Waals surface area contributed by atoms with Crippen LogP contribution in [0.25, 0.3) is 0 Å². The largest absolute Gasteiger partial charge is 0.307 e. The second-order valence-electron chi connectivity index (χ2n) is 5.13. The molecule has 0 atom stereocenters. The number of hydrogen-bond donors (Lipinski definition) is 1. The smallest absolute Gasteiger partial charge is 0.0213 e. The van der Waals surface area contributed by atoms with Crippen molar-refractivity contribution in [2.45, 2.75) is 52.1 Å². The van der Waals surface area contributed by atoms with Crippen LogP contribution in [0.15, 0.2) is 18.2 Å². The maximum absolute atomic E-state index is 3.68. The van der Waals surface area contributed by atoms with Crippen LogP contribution in [0.2, 0.25) is 0 Å². The first kappa shape index (κ1) is 10.7. The molecule has 1 aromatic rings. The zero-order valence-corrected chi connectivity index (χ0v) is 10.1. The van der Waals surface area contributed by atoms with Crippen LogP contribution in [0.3, 0.4) is 0 Å². The third-order valence-electron chi connectivity index (χ3n) is 3.88. The van der Waals surface area contributed by atoms with E-state index in [1.165, 1.54) is 36.0 Å². The molecule has 0 saturated heterocycles. The van der Waals surface area contributed by atoms with E-state index in [1.54, 1.807) is 0 Å². The summed E-state index contributed by atoms with van der Waals surface area (Å²) in [4.78, 5) is 0. The number of nitrogens with one attached hydrogen (secondary N) is 1. The lowest BCUT2D eigenvalue weighted by molar-refractivity contribution is 0.206. The molecule has 0 unspecified atom stereocenters. The van der Waals surface area contributed by atoms with E-state index in [9.17, 15) is 0 Å². The van der Waals surface area contributed by atoms with Crippen LogP contribution in [-0.2, 0) is 6.54 Å². The van der Waals surface area contributed by atoms with Crippen molar-refractivity contribution in [3.8, 4) is 0 Å². The molecular formula is C14H21N. The maximum atomic E-state index is 3.68. The Morgan fingerprint density at radius 2 is 2.00 bits per heavy atom. The Kier molecular flexibility index (Phi) is 2.83. The molecule has 1 aromatic carbocycles. The van der Waals surface area contributed by atoms with Gasteiger partial charge >= 0.3 is 0 Å². The molecule has 0 aliphatic heterocycles. The summed E-state index contributed by atoms with van der Waals surface area (Å²) < 4.78 is 0. The molecule has 0 amide bonds. The first-order valence-electron chi connectivity index (χ1n) is 5.91. The fourth-order valence-corrected chi connectivity index (χ4v) is 2.20. The van der Waals surface area contributed by atoms with Crippen LogP contribution in [0, 0.1) is 13.8 Å². The Morgan fingerprint density at radius 3 is 2.60 bits per heavy atom. The minimum Gasteiger partial charge on any atom is -0.307 e. The second kappa shape index (κ2) is 3.97. The Balaban J connectivity index is 2.01. The van der Waals surface area contributed by atoms with Crippen LogP contribution < -0.4 is 5.32 Å². The van der Waals surface area contributed by atoms with Crippen molar-refractivity contribution < 1.29 is 0 Å². The number of aryl methyl sites for hydroxylation is 1. The summed E-state index contributed by atoms with van der Waals surface area (Å²) in [5.41, 5.74) is 4.69. The van der Waals surface area contributed by atoms with Gasteiger partial charge in [-0.2, -0.15) is 0 Å². The van der Waals surface area contributed by atoms with Crippen LogP contribution in [0.5, 0.6) is 0 Å². The number of hydrogen-bond acceptors (Lipinski definition) is 1. The van der Waals surface area contributed by atoms with Gasteiger partial charge in [0, 0.05) is 12.1 Å². The van der Waals surface area contributed by atoms with Crippen molar-refractivity contribution in [2.24, 2.45) is 0 Å². The summed E-state index contributed by atoms with van der Waals surface area (Å²) in [6.07, 6.45) is 4.05. The molecule has 0 spiro atoms. The van der Waals surface area contributed by atoms with Crippen molar-refractivity contribution in [1.82, 2.24) is 5.32 Å². The highest BCUT2D eigenvalue weighted by Crippen LogP contribution is 2.31. The minimum atomic E-state index is 0.413. The van der Waals surface area contributed by atoms with Gasteiger partial charge in [-0.15, -0.1) is 0 Å². The number of rotatable bonds is 3. The SMILES string of the molecule is Cc1cccc(CNC2(C)CCC2)c1C. The van der Waals surface area contributed by atoms with Gasteiger partial charge in [0.05, 0.1) is 0 Å². The Bertz CT molecular complexity index is 350. The summed E-state index contributed by atoms with van der Waals surface area (Å²) in [5, 5.41) is 3.68. The van der Waals surface area contributed by atoms with Gasteiger partial charge < -0.3 is 5.32 Å². The molecule has 0 bridgehead atoms. The lowest BCUT2D eigenvalue weighted by atomic mass is 9.78.